The van der Waals surface area contributed by atoms with Crippen LogP contribution in [0, 0.1) is 5.92 Å². The fourth-order valence-electron chi connectivity index (χ4n) is 0.641. The van der Waals surface area contributed by atoms with Gasteiger partial charge in [0.25, 0.3) is 0 Å². The molecule has 1 aromatic carbocycles. The monoisotopic (exact) mass is 165 g/mol. The number of rotatable bonds is 0. The number of hydrogen-bond donors (Lipinski definition) is 2. The van der Waals surface area contributed by atoms with Crippen molar-refractivity contribution in [2.24, 2.45) is 5.92 Å². The highest BCUT2D eigenvalue weighted by Gasteiger charge is 2.12. The van der Waals surface area contributed by atoms with Crippen LogP contribution >= 0.6 is 0 Å². The van der Waals surface area contributed by atoms with Crippen LogP contribution in [0.5, 0.6) is 5.75 Å². The third-order valence-electron chi connectivity index (χ3n) is 1.76. The summed E-state index contributed by atoms with van der Waals surface area (Å²) < 4.78 is 0. The summed E-state index contributed by atoms with van der Waals surface area (Å²) in [6.07, 6.45) is 2.97. The molecule has 2 nitrogen and oxygen atoms in total. The molecule has 12 heavy (non-hydrogen) atoms. The van der Waals surface area contributed by atoms with Gasteiger partial charge < -0.3 is 10.8 Å². The summed E-state index contributed by atoms with van der Waals surface area (Å²) in [5, 5.41) is 8.70. The maximum atomic E-state index is 8.70. The Balaban J connectivity index is 0.000000150. The first-order valence-electron chi connectivity index (χ1n) is 4.23. The molecule has 2 heteroatoms. The molecule has 1 saturated carbocycles. The molecule has 1 aromatic rings. The number of hydrogen-bond acceptors (Lipinski definition) is 2. The number of benzene rings is 1. The van der Waals surface area contributed by atoms with Crippen molar-refractivity contribution < 1.29 is 5.11 Å². The normalized spacial score (nSPS) is 14.8. The van der Waals surface area contributed by atoms with E-state index in [1.165, 1.54) is 12.8 Å². The molecule has 0 radical (unpaired) electrons. The van der Waals surface area contributed by atoms with Gasteiger partial charge in [-0.2, -0.15) is 0 Å². The van der Waals surface area contributed by atoms with Crippen LogP contribution < -0.4 is 5.73 Å². The zero-order chi connectivity index (χ0) is 8.97. The summed E-state index contributed by atoms with van der Waals surface area (Å²) in [6, 6.07) is 6.40. The average molecular weight is 165 g/mol. The van der Waals surface area contributed by atoms with E-state index < -0.39 is 0 Å². The minimum absolute atomic E-state index is 0.249. The van der Waals surface area contributed by atoms with Gasteiger partial charge in [-0.3, -0.25) is 0 Å². The first-order chi connectivity index (χ1) is 5.68. The number of phenolic OH excluding ortho intramolecular Hbond substituents is 1. The van der Waals surface area contributed by atoms with Gasteiger partial charge in [0.05, 0.1) is 0 Å². The van der Waals surface area contributed by atoms with Gasteiger partial charge in [-0.25, -0.2) is 0 Å². The summed E-state index contributed by atoms with van der Waals surface area (Å²) in [4.78, 5) is 0. The fraction of sp³-hybridized carbons (Fsp3) is 0.400. The zero-order valence-electron chi connectivity index (χ0n) is 7.33. The van der Waals surface area contributed by atoms with E-state index >= 15 is 0 Å². The Bertz CT molecular complexity index is 205. The second-order valence-electron chi connectivity index (χ2n) is 3.27. The molecular weight excluding hydrogens is 150 g/mol. The highest BCUT2D eigenvalue weighted by molar-refractivity contribution is 5.40. The Morgan fingerprint density at radius 3 is 1.92 bits per heavy atom. The number of anilines is 1. The lowest BCUT2D eigenvalue weighted by Crippen LogP contribution is -1.80. The van der Waals surface area contributed by atoms with Crippen molar-refractivity contribution in [2.75, 3.05) is 5.73 Å². The smallest absolute Gasteiger partial charge is 0.115 e. The molecule has 0 unspecified atom stereocenters. The predicted molar refractivity (Wildman–Crippen MR) is 50.9 cm³/mol. The van der Waals surface area contributed by atoms with Crippen molar-refractivity contribution in [3.63, 3.8) is 0 Å². The molecule has 0 heterocycles. The second-order valence-corrected chi connectivity index (χ2v) is 3.27. The van der Waals surface area contributed by atoms with Crippen LogP contribution in [-0.2, 0) is 0 Å². The molecule has 0 aromatic heterocycles. The molecule has 0 atom stereocenters. The highest BCUT2D eigenvalue weighted by atomic mass is 16.3. The molecule has 1 aliphatic carbocycles. The van der Waals surface area contributed by atoms with E-state index in [0.29, 0.717) is 5.69 Å². The Morgan fingerprint density at radius 2 is 1.67 bits per heavy atom. The summed E-state index contributed by atoms with van der Waals surface area (Å²) in [7, 11) is 0. The minimum Gasteiger partial charge on any atom is -0.508 e. The maximum Gasteiger partial charge on any atom is 0.115 e. The molecule has 1 fully saturated rings. The number of phenols is 1. The quantitative estimate of drug-likeness (QED) is 0.458. The molecule has 66 valence electrons. The first kappa shape index (κ1) is 8.91. The van der Waals surface area contributed by atoms with Crippen molar-refractivity contribution in [1.29, 1.82) is 0 Å². The molecule has 1 aliphatic rings. The minimum atomic E-state index is 0.249. The van der Waals surface area contributed by atoms with Gasteiger partial charge in [-0.15, -0.1) is 0 Å². The molecule has 3 N–H and O–H groups in total. The largest absolute Gasteiger partial charge is 0.508 e. The van der Waals surface area contributed by atoms with E-state index in [4.69, 9.17) is 10.8 Å². The molecule has 0 aliphatic heterocycles. The molecule has 2 rings (SSSR count). The van der Waals surface area contributed by atoms with E-state index in [2.05, 4.69) is 6.92 Å². The van der Waals surface area contributed by atoms with Crippen LogP contribution in [0.3, 0.4) is 0 Å². The van der Waals surface area contributed by atoms with Gasteiger partial charge in [0, 0.05) is 5.69 Å². The Morgan fingerprint density at radius 1 is 1.25 bits per heavy atom. The van der Waals surface area contributed by atoms with Crippen LogP contribution in [0.25, 0.3) is 0 Å². The van der Waals surface area contributed by atoms with Crippen molar-refractivity contribution in [2.45, 2.75) is 19.8 Å². The standard InChI is InChI=1S/C6H7NO.C4H8/c7-5-1-3-6(8)4-2-5;1-4-2-3-4/h1-4,8H,7H2;4H,2-3H2,1H3. The topological polar surface area (TPSA) is 46.2 Å². The Hall–Kier alpha value is -1.18. The molecule has 0 spiro atoms. The molecular formula is C10H15NO. The summed E-state index contributed by atoms with van der Waals surface area (Å²) in [6.45, 7) is 2.28. The molecule has 0 saturated heterocycles. The van der Waals surface area contributed by atoms with E-state index in [1.54, 1.807) is 24.3 Å². The summed E-state index contributed by atoms with van der Waals surface area (Å²) >= 11 is 0. The molecule has 0 bridgehead atoms. The maximum absolute atomic E-state index is 8.70. The number of aromatic hydroxyl groups is 1. The van der Waals surface area contributed by atoms with Gasteiger partial charge in [0.1, 0.15) is 5.75 Å². The first-order valence-corrected chi connectivity index (χ1v) is 4.23. The van der Waals surface area contributed by atoms with Crippen molar-refractivity contribution in [3.05, 3.63) is 24.3 Å². The third-order valence-corrected chi connectivity index (χ3v) is 1.76. The van der Waals surface area contributed by atoms with E-state index in [-0.39, 0.29) is 5.75 Å². The van der Waals surface area contributed by atoms with E-state index in [1.807, 2.05) is 0 Å². The lowest BCUT2D eigenvalue weighted by atomic mass is 10.3. The second kappa shape index (κ2) is 4.00. The van der Waals surface area contributed by atoms with Crippen LogP contribution in [0.15, 0.2) is 24.3 Å². The summed E-state index contributed by atoms with van der Waals surface area (Å²) in [5.74, 6) is 1.33. The van der Waals surface area contributed by atoms with E-state index in [0.717, 1.165) is 5.92 Å². The fourth-order valence-corrected chi connectivity index (χ4v) is 0.641. The van der Waals surface area contributed by atoms with Crippen LogP contribution in [-0.4, -0.2) is 5.11 Å². The van der Waals surface area contributed by atoms with E-state index in [9.17, 15) is 0 Å². The van der Waals surface area contributed by atoms with Crippen LogP contribution in [0.4, 0.5) is 5.69 Å². The number of nitrogen functional groups attached to an aromatic ring is 1. The van der Waals surface area contributed by atoms with Gasteiger partial charge in [-0.05, 0) is 30.2 Å². The van der Waals surface area contributed by atoms with Gasteiger partial charge in [-0.1, -0.05) is 19.8 Å². The Kier molecular flexibility index (Phi) is 2.97. The summed E-state index contributed by atoms with van der Waals surface area (Å²) in [5.41, 5.74) is 5.98. The van der Waals surface area contributed by atoms with Crippen molar-refractivity contribution in [3.8, 4) is 5.75 Å². The van der Waals surface area contributed by atoms with Gasteiger partial charge >= 0.3 is 0 Å². The third kappa shape index (κ3) is 3.86. The average Bonchev–Trinajstić information content (AvgIpc) is 2.80. The van der Waals surface area contributed by atoms with Crippen molar-refractivity contribution >= 4 is 5.69 Å². The van der Waals surface area contributed by atoms with Crippen molar-refractivity contribution in [1.82, 2.24) is 0 Å². The van der Waals surface area contributed by atoms with Crippen LogP contribution in [0.1, 0.15) is 19.8 Å². The lowest BCUT2D eigenvalue weighted by molar-refractivity contribution is 0.475. The lowest BCUT2D eigenvalue weighted by Gasteiger charge is -1.89. The zero-order valence-corrected chi connectivity index (χ0v) is 7.33. The predicted octanol–water partition coefficient (Wildman–Crippen LogP) is 2.39. The number of nitrogens with two attached hydrogens (primary N) is 1. The molecule has 0 amide bonds. The SMILES string of the molecule is CC1CC1.Nc1ccc(O)cc1. The highest BCUT2D eigenvalue weighted by Crippen LogP contribution is 2.26. The Labute approximate surface area is 73.0 Å². The van der Waals surface area contributed by atoms with Gasteiger partial charge in [0.15, 0.2) is 0 Å². The van der Waals surface area contributed by atoms with Gasteiger partial charge in [0.2, 0.25) is 0 Å². The van der Waals surface area contributed by atoms with Crippen LogP contribution in [0.2, 0.25) is 0 Å².